The van der Waals surface area contributed by atoms with E-state index in [9.17, 15) is 4.79 Å². The summed E-state index contributed by atoms with van der Waals surface area (Å²) < 4.78 is 1.70. The molecule has 0 aliphatic heterocycles. The summed E-state index contributed by atoms with van der Waals surface area (Å²) in [5.41, 5.74) is 1.24. The number of rotatable bonds is 3. The van der Waals surface area contributed by atoms with Crippen molar-refractivity contribution in [1.82, 2.24) is 19.9 Å². The first-order valence-electron chi connectivity index (χ1n) is 5.39. The van der Waals surface area contributed by atoms with Crippen LogP contribution in [0.1, 0.15) is 18.1 Å². The molecule has 0 radical (unpaired) electrons. The van der Waals surface area contributed by atoms with E-state index in [0.717, 1.165) is 0 Å². The number of aromatic nitrogens is 3. The lowest BCUT2D eigenvalue weighted by atomic mass is 10.4. The van der Waals surface area contributed by atoms with E-state index in [1.54, 1.807) is 24.6 Å². The third kappa shape index (κ3) is 2.42. The van der Waals surface area contributed by atoms with Crippen LogP contribution < -0.4 is 5.32 Å². The topological polar surface area (TPSA) is 59.8 Å². The van der Waals surface area contributed by atoms with E-state index in [0.29, 0.717) is 22.0 Å². The molecular weight excluding hydrogens is 275 g/mol. The second kappa shape index (κ2) is 5.12. The number of pyridine rings is 1. The van der Waals surface area contributed by atoms with Gasteiger partial charge in [0.05, 0.1) is 10.4 Å². The van der Waals surface area contributed by atoms with Crippen molar-refractivity contribution in [2.75, 3.05) is 7.05 Å². The van der Waals surface area contributed by atoms with Crippen molar-refractivity contribution in [1.29, 1.82) is 0 Å². The molecule has 0 aromatic carbocycles. The zero-order valence-corrected chi connectivity index (χ0v) is 11.5. The fraction of sp³-hybridized carbons (Fsp3) is 0.364. The summed E-state index contributed by atoms with van der Waals surface area (Å²) in [6.07, 6.45) is 1.52. The van der Waals surface area contributed by atoms with E-state index >= 15 is 0 Å². The molecular formula is C11H12Cl2N4O. The Labute approximate surface area is 114 Å². The number of nitrogens with zero attached hydrogens (tertiary/aromatic N) is 3. The van der Waals surface area contributed by atoms with Crippen molar-refractivity contribution in [3.8, 4) is 0 Å². The van der Waals surface area contributed by atoms with Gasteiger partial charge in [-0.15, -0.1) is 11.6 Å². The Hall–Kier alpha value is -1.33. The van der Waals surface area contributed by atoms with Crippen LogP contribution in [0.15, 0.2) is 12.3 Å². The van der Waals surface area contributed by atoms with Gasteiger partial charge < -0.3 is 9.88 Å². The van der Waals surface area contributed by atoms with Crippen molar-refractivity contribution in [2.45, 2.75) is 18.8 Å². The Balaban J connectivity index is 2.59. The van der Waals surface area contributed by atoms with Crippen molar-refractivity contribution < 1.29 is 4.79 Å². The van der Waals surface area contributed by atoms with Crippen molar-refractivity contribution in [3.05, 3.63) is 23.1 Å². The average molecular weight is 287 g/mol. The van der Waals surface area contributed by atoms with Gasteiger partial charge in [0.25, 0.3) is 0 Å². The first-order valence-corrected chi connectivity index (χ1v) is 6.20. The van der Waals surface area contributed by atoms with Gasteiger partial charge in [-0.25, -0.2) is 9.97 Å². The third-order valence-electron chi connectivity index (χ3n) is 2.52. The molecule has 5 nitrogen and oxygen atoms in total. The highest BCUT2D eigenvalue weighted by atomic mass is 35.5. The zero-order chi connectivity index (χ0) is 13.3. The number of hydrogen-bond donors (Lipinski definition) is 1. The maximum Gasteiger partial charge on any atom is 0.239 e. The Morgan fingerprint density at radius 2 is 2.33 bits per heavy atom. The standard InChI is InChI=1S/C11H12Cl2N4O/c1-6(12)10-16-8-3-7(13)4-15-11(8)17(10)5-9(18)14-2/h3-4,6H,5H2,1-2H3,(H,14,18). The lowest BCUT2D eigenvalue weighted by Crippen LogP contribution is -2.24. The quantitative estimate of drug-likeness (QED) is 0.880. The molecule has 96 valence electrons. The van der Waals surface area contributed by atoms with E-state index in [-0.39, 0.29) is 17.8 Å². The normalized spacial score (nSPS) is 12.7. The number of likely N-dealkylation sites (N-methyl/N-ethyl adjacent to an activating group) is 1. The van der Waals surface area contributed by atoms with Gasteiger partial charge in [-0.05, 0) is 13.0 Å². The van der Waals surface area contributed by atoms with Gasteiger partial charge in [-0.3, -0.25) is 4.79 Å². The Morgan fingerprint density at radius 3 is 2.94 bits per heavy atom. The van der Waals surface area contributed by atoms with E-state index in [1.807, 2.05) is 0 Å². The molecule has 1 unspecified atom stereocenters. The average Bonchev–Trinajstić information content (AvgIpc) is 2.67. The molecule has 0 fully saturated rings. The molecule has 0 aliphatic carbocycles. The molecule has 2 heterocycles. The van der Waals surface area contributed by atoms with Crippen LogP contribution >= 0.6 is 23.2 Å². The largest absolute Gasteiger partial charge is 0.358 e. The molecule has 7 heteroatoms. The molecule has 18 heavy (non-hydrogen) atoms. The van der Waals surface area contributed by atoms with E-state index in [4.69, 9.17) is 23.2 Å². The molecule has 0 aliphatic rings. The molecule has 0 bridgehead atoms. The van der Waals surface area contributed by atoms with Crippen molar-refractivity contribution in [3.63, 3.8) is 0 Å². The van der Waals surface area contributed by atoms with Crippen LogP contribution in [0.3, 0.4) is 0 Å². The number of halogens is 2. The summed E-state index contributed by atoms with van der Waals surface area (Å²) in [5.74, 6) is 0.467. The fourth-order valence-corrected chi connectivity index (χ4v) is 2.00. The number of amides is 1. The van der Waals surface area contributed by atoms with Gasteiger partial charge >= 0.3 is 0 Å². The number of nitrogens with one attached hydrogen (secondary N) is 1. The molecule has 0 saturated heterocycles. The first-order chi connectivity index (χ1) is 8.52. The Bertz CT molecular complexity index is 594. The Kier molecular flexibility index (Phi) is 3.73. The lowest BCUT2D eigenvalue weighted by molar-refractivity contribution is -0.121. The van der Waals surface area contributed by atoms with Crippen LogP contribution in [0, 0.1) is 0 Å². The van der Waals surface area contributed by atoms with Crippen LogP contribution in [0.4, 0.5) is 0 Å². The van der Waals surface area contributed by atoms with Gasteiger partial charge in [0.2, 0.25) is 5.91 Å². The highest BCUT2D eigenvalue weighted by Crippen LogP contribution is 2.24. The summed E-state index contributed by atoms with van der Waals surface area (Å²) in [6.45, 7) is 1.93. The number of hydrogen-bond acceptors (Lipinski definition) is 3. The van der Waals surface area contributed by atoms with Gasteiger partial charge in [0, 0.05) is 13.2 Å². The predicted octanol–water partition coefficient (Wildman–Crippen LogP) is 2.13. The van der Waals surface area contributed by atoms with Crippen LogP contribution in [0.2, 0.25) is 5.02 Å². The predicted molar refractivity (Wildman–Crippen MR) is 70.9 cm³/mol. The van der Waals surface area contributed by atoms with Crippen LogP contribution in [-0.2, 0) is 11.3 Å². The molecule has 1 amide bonds. The van der Waals surface area contributed by atoms with Gasteiger partial charge in [-0.2, -0.15) is 0 Å². The first kappa shape index (κ1) is 13.1. The minimum absolute atomic E-state index is 0.133. The number of carbonyl (C=O) groups excluding carboxylic acids is 1. The maximum atomic E-state index is 11.5. The Morgan fingerprint density at radius 1 is 1.61 bits per heavy atom. The summed E-state index contributed by atoms with van der Waals surface area (Å²) in [5, 5.41) is 2.74. The summed E-state index contributed by atoms with van der Waals surface area (Å²) >= 11 is 11.9. The van der Waals surface area contributed by atoms with Crippen LogP contribution in [0.25, 0.3) is 11.2 Å². The maximum absolute atomic E-state index is 11.5. The molecule has 2 rings (SSSR count). The number of alkyl halides is 1. The van der Waals surface area contributed by atoms with E-state index in [2.05, 4.69) is 15.3 Å². The van der Waals surface area contributed by atoms with Gasteiger partial charge in [0.1, 0.15) is 17.9 Å². The minimum atomic E-state index is -0.317. The second-order valence-electron chi connectivity index (χ2n) is 3.84. The number of carbonyl (C=O) groups is 1. The van der Waals surface area contributed by atoms with Gasteiger partial charge in [0.15, 0.2) is 5.65 Å². The summed E-state index contributed by atoms with van der Waals surface area (Å²) in [4.78, 5) is 20.1. The van der Waals surface area contributed by atoms with E-state index in [1.165, 1.54) is 6.20 Å². The minimum Gasteiger partial charge on any atom is -0.358 e. The SMILES string of the molecule is CNC(=O)Cn1c(C(C)Cl)nc2cc(Cl)cnc21. The number of imidazole rings is 1. The second-order valence-corrected chi connectivity index (χ2v) is 4.93. The van der Waals surface area contributed by atoms with Crippen molar-refractivity contribution >= 4 is 40.3 Å². The van der Waals surface area contributed by atoms with Gasteiger partial charge in [-0.1, -0.05) is 11.6 Å². The lowest BCUT2D eigenvalue weighted by Gasteiger charge is -2.08. The summed E-state index contributed by atoms with van der Waals surface area (Å²) in [7, 11) is 1.58. The zero-order valence-electron chi connectivity index (χ0n) is 9.94. The smallest absolute Gasteiger partial charge is 0.239 e. The third-order valence-corrected chi connectivity index (χ3v) is 2.92. The number of fused-ring (bicyclic) bond motifs is 1. The van der Waals surface area contributed by atoms with Crippen molar-refractivity contribution in [2.24, 2.45) is 0 Å². The highest BCUT2D eigenvalue weighted by molar-refractivity contribution is 6.31. The summed E-state index contributed by atoms with van der Waals surface area (Å²) in [6, 6.07) is 1.70. The molecule has 0 spiro atoms. The van der Waals surface area contributed by atoms with Crippen LogP contribution in [-0.4, -0.2) is 27.5 Å². The molecule has 0 saturated carbocycles. The van der Waals surface area contributed by atoms with E-state index < -0.39 is 0 Å². The highest BCUT2D eigenvalue weighted by Gasteiger charge is 2.17. The molecule has 2 aromatic heterocycles. The molecule has 1 N–H and O–H groups in total. The molecule has 1 atom stereocenters. The monoisotopic (exact) mass is 286 g/mol. The van der Waals surface area contributed by atoms with Crippen LogP contribution in [0.5, 0.6) is 0 Å². The molecule has 2 aromatic rings. The fourth-order valence-electron chi connectivity index (χ4n) is 1.69.